The maximum Gasteiger partial charge on any atom is 0.0945 e. The minimum Gasteiger partial charge on any atom is -0.382 e. The van der Waals surface area contributed by atoms with Crippen molar-refractivity contribution in [2.75, 3.05) is 5.32 Å². The lowest BCUT2D eigenvalue weighted by molar-refractivity contribution is 0.773. The molecule has 0 saturated carbocycles. The summed E-state index contributed by atoms with van der Waals surface area (Å²) in [6, 6.07) is 23.9. The Morgan fingerprint density at radius 1 is 0.966 bits per heavy atom. The molecule has 0 spiro atoms. The molecular weight excluding hydrogens is 356 g/mol. The van der Waals surface area contributed by atoms with E-state index >= 15 is 0 Å². The first-order valence-corrected chi connectivity index (χ1v) is 10.2. The molecule has 0 saturated heterocycles. The number of aromatic nitrogens is 3. The third-order valence-corrected chi connectivity index (χ3v) is 5.64. The predicted molar refractivity (Wildman–Crippen MR) is 117 cm³/mol. The molecule has 4 aromatic rings. The summed E-state index contributed by atoms with van der Waals surface area (Å²) in [5.74, 6) is 0. The van der Waals surface area contributed by atoms with E-state index < -0.39 is 0 Å². The van der Waals surface area contributed by atoms with Crippen LogP contribution in [0.5, 0.6) is 0 Å². The lowest BCUT2D eigenvalue weighted by Crippen LogP contribution is -2.19. The molecule has 0 amide bonds. The number of rotatable bonds is 5. The van der Waals surface area contributed by atoms with Gasteiger partial charge in [0.25, 0.3) is 0 Å². The first-order valence-electron chi connectivity index (χ1n) is 10.2. The van der Waals surface area contributed by atoms with E-state index in [1.54, 1.807) is 6.20 Å². The van der Waals surface area contributed by atoms with Gasteiger partial charge < -0.3 is 5.32 Å². The Balaban J connectivity index is 1.35. The quantitative estimate of drug-likeness (QED) is 0.525. The molecule has 0 aliphatic heterocycles. The SMILES string of the molecule is CCc1cc(-c2cccnc2)nn1-c1ccc(NC2Cc3ccccc3C2)cc1. The zero-order valence-electron chi connectivity index (χ0n) is 16.5. The molecule has 1 aliphatic carbocycles. The van der Waals surface area contributed by atoms with Crippen molar-refractivity contribution in [3.8, 4) is 16.9 Å². The smallest absolute Gasteiger partial charge is 0.0945 e. The monoisotopic (exact) mass is 380 g/mol. The van der Waals surface area contributed by atoms with E-state index in [1.165, 1.54) is 16.8 Å². The van der Waals surface area contributed by atoms with Crippen LogP contribution in [0.1, 0.15) is 23.7 Å². The Kier molecular flexibility index (Phi) is 4.60. The molecule has 2 aromatic carbocycles. The zero-order chi connectivity index (χ0) is 19.6. The first-order chi connectivity index (χ1) is 14.3. The second kappa shape index (κ2) is 7.55. The van der Waals surface area contributed by atoms with Crippen molar-refractivity contribution in [3.05, 3.63) is 95.9 Å². The second-order valence-electron chi connectivity index (χ2n) is 7.59. The molecular formula is C25H24N4. The Bertz CT molecular complexity index is 1090. The Morgan fingerprint density at radius 2 is 1.72 bits per heavy atom. The highest BCUT2D eigenvalue weighted by molar-refractivity contribution is 5.59. The third kappa shape index (κ3) is 3.54. The second-order valence-corrected chi connectivity index (χ2v) is 7.59. The van der Waals surface area contributed by atoms with Crippen LogP contribution in [0.15, 0.2) is 79.1 Å². The largest absolute Gasteiger partial charge is 0.382 e. The van der Waals surface area contributed by atoms with Crippen molar-refractivity contribution in [2.24, 2.45) is 0 Å². The van der Waals surface area contributed by atoms with Crippen molar-refractivity contribution in [1.29, 1.82) is 0 Å². The summed E-state index contributed by atoms with van der Waals surface area (Å²) in [6.07, 6.45) is 6.75. The van der Waals surface area contributed by atoms with Gasteiger partial charge in [0.15, 0.2) is 0 Å². The molecule has 0 radical (unpaired) electrons. The van der Waals surface area contributed by atoms with Crippen LogP contribution in [0, 0.1) is 0 Å². The number of aryl methyl sites for hydroxylation is 1. The molecule has 0 unspecified atom stereocenters. The van der Waals surface area contributed by atoms with Gasteiger partial charge in [-0.2, -0.15) is 5.10 Å². The maximum absolute atomic E-state index is 4.84. The average Bonchev–Trinajstić information content (AvgIpc) is 3.38. The Hall–Kier alpha value is -3.40. The molecule has 29 heavy (non-hydrogen) atoms. The molecule has 4 heteroatoms. The summed E-state index contributed by atoms with van der Waals surface area (Å²) in [5, 5.41) is 8.53. The lowest BCUT2D eigenvalue weighted by atomic mass is 10.1. The van der Waals surface area contributed by atoms with E-state index in [4.69, 9.17) is 5.10 Å². The highest BCUT2D eigenvalue weighted by atomic mass is 15.3. The van der Waals surface area contributed by atoms with Gasteiger partial charge in [-0.1, -0.05) is 31.2 Å². The number of anilines is 1. The van der Waals surface area contributed by atoms with E-state index in [0.29, 0.717) is 6.04 Å². The van der Waals surface area contributed by atoms with Crippen molar-refractivity contribution in [2.45, 2.75) is 32.2 Å². The number of hydrogen-bond acceptors (Lipinski definition) is 3. The van der Waals surface area contributed by atoms with Crippen LogP contribution >= 0.6 is 0 Å². The predicted octanol–water partition coefficient (Wildman–Crippen LogP) is 5.08. The fourth-order valence-electron chi connectivity index (χ4n) is 4.15. The number of hydrogen-bond donors (Lipinski definition) is 1. The van der Waals surface area contributed by atoms with Crippen LogP contribution < -0.4 is 5.32 Å². The van der Waals surface area contributed by atoms with Gasteiger partial charge in [-0.25, -0.2) is 4.68 Å². The number of nitrogens with one attached hydrogen (secondary N) is 1. The average molecular weight is 380 g/mol. The standard InChI is InChI=1S/C25H24N4/c1-2-23-16-25(20-8-5-13-26-17-20)28-29(23)24-11-9-21(10-12-24)27-22-14-18-6-3-4-7-19(18)15-22/h3-13,16-17,22,27H,2,14-15H2,1H3. The highest BCUT2D eigenvalue weighted by Gasteiger charge is 2.20. The fraction of sp³-hybridized carbons (Fsp3) is 0.200. The van der Waals surface area contributed by atoms with Gasteiger partial charge in [-0.05, 0) is 72.9 Å². The van der Waals surface area contributed by atoms with Crippen LogP contribution in [-0.4, -0.2) is 20.8 Å². The van der Waals surface area contributed by atoms with Crippen LogP contribution in [0.3, 0.4) is 0 Å². The van der Waals surface area contributed by atoms with E-state index in [1.807, 2.05) is 23.0 Å². The Labute approximate surface area is 171 Å². The summed E-state index contributed by atoms with van der Waals surface area (Å²) in [4.78, 5) is 4.22. The van der Waals surface area contributed by atoms with Crippen molar-refractivity contribution in [1.82, 2.24) is 14.8 Å². The van der Waals surface area contributed by atoms with Crippen molar-refractivity contribution >= 4 is 5.69 Å². The van der Waals surface area contributed by atoms with Gasteiger partial charge in [0.05, 0.1) is 11.4 Å². The number of fused-ring (bicyclic) bond motifs is 1. The van der Waals surface area contributed by atoms with Crippen LogP contribution in [0.25, 0.3) is 16.9 Å². The number of pyridine rings is 1. The molecule has 0 fully saturated rings. The van der Waals surface area contributed by atoms with Gasteiger partial charge in [-0.15, -0.1) is 0 Å². The minimum absolute atomic E-state index is 0.464. The van der Waals surface area contributed by atoms with Gasteiger partial charge in [0.1, 0.15) is 0 Å². The molecule has 2 aromatic heterocycles. The van der Waals surface area contributed by atoms with Crippen molar-refractivity contribution < 1.29 is 0 Å². The molecule has 5 rings (SSSR count). The maximum atomic E-state index is 4.84. The van der Waals surface area contributed by atoms with E-state index in [0.717, 1.165) is 41.9 Å². The number of benzene rings is 2. The summed E-state index contributed by atoms with van der Waals surface area (Å²) in [6.45, 7) is 2.16. The molecule has 1 N–H and O–H groups in total. The van der Waals surface area contributed by atoms with Crippen LogP contribution in [0.2, 0.25) is 0 Å². The van der Waals surface area contributed by atoms with Crippen LogP contribution in [0.4, 0.5) is 5.69 Å². The summed E-state index contributed by atoms with van der Waals surface area (Å²) < 4.78 is 2.04. The van der Waals surface area contributed by atoms with E-state index in [2.05, 4.69) is 71.8 Å². The van der Waals surface area contributed by atoms with Crippen LogP contribution in [-0.2, 0) is 19.3 Å². The summed E-state index contributed by atoms with van der Waals surface area (Å²) in [5.41, 5.74) is 8.36. The van der Waals surface area contributed by atoms with Gasteiger partial charge in [-0.3, -0.25) is 4.98 Å². The molecule has 0 atom stereocenters. The van der Waals surface area contributed by atoms with E-state index in [9.17, 15) is 0 Å². The summed E-state index contributed by atoms with van der Waals surface area (Å²) in [7, 11) is 0. The third-order valence-electron chi connectivity index (χ3n) is 5.64. The topological polar surface area (TPSA) is 42.7 Å². The summed E-state index contributed by atoms with van der Waals surface area (Å²) >= 11 is 0. The van der Waals surface area contributed by atoms with Crippen molar-refractivity contribution in [3.63, 3.8) is 0 Å². The van der Waals surface area contributed by atoms with Gasteiger partial charge in [0.2, 0.25) is 0 Å². The lowest BCUT2D eigenvalue weighted by Gasteiger charge is -2.14. The van der Waals surface area contributed by atoms with Gasteiger partial charge >= 0.3 is 0 Å². The Morgan fingerprint density at radius 3 is 2.38 bits per heavy atom. The first kappa shape index (κ1) is 17.7. The molecule has 2 heterocycles. The minimum atomic E-state index is 0.464. The number of nitrogens with zero attached hydrogens (tertiary/aromatic N) is 3. The molecule has 1 aliphatic rings. The molecule has 0 bridgehead atoms. The fourth-order valence-corrected chi connectivity index (χ4v) is 4.15. The highest BCUT2D eigenvalue weighted by Crippen LogP contribution is 2.26. The van der Waals surface area contributed by atoms with E-state index in [-0.39, 0.29) is 0 Å². The molecule has 144 valence electrons. The normalized spacial score (nSPS) is 13.4. The molecule has 4 nitrogen and oxygen atoms in total. The zero-order valence-corrected chi connectivity index (χ0v) is 16.5. The van der Waals surface area contributed by atoms with Gasteiger partial charge in [0, 0.05) is 35.4 Å².